The number of hydrogen-bond acceptors (Lipinski definition) is 5. The number of anilines is 2. The molecule has 2 amide bonds. The van der Waals surface area contributed by atoms with Gasteiger partial charge in [0.15, 0.2) is 0 Å². The maximum atomic E-state index is 12.6. The highest BCUT2D eigenvalue weighted by molar-refractivity contribution is 7.89. The Bertz CT molecular complexity index is 1050. The van der Waals surface area contributed by atoms with Gasteiger partial charge >= 0.3 is 0 Å². The van der Waals surface area contributed by atoms with E-state index in [1.54, 1.807) is 6.07 Å². The van der Waals surface area contributed by atoms with Crippen molar-refractivity contribution in [3.05, 3.63) is 54.1 Å². The summed E-state index contributed by atoms with van der Waals surface area (Å²) in [5, 5.41) is 5.37. The first kappa shape index (κ1) is 23.9. The lowest BCUT2D eigenvalue weighted by Gasteiger charge is -2.26. The van der Waals surface area contributed by atoms with E-state index in [1.807, 2.05) is 18.2 Å². The molecule has 2 aromatic carbocycles. The minimum Gasteiger partial charge on any atom is -0.326 e. The van der Waals surface area contributed by atoms with Gasteiger partial charge in [-0.3, -0.25) is 14.5 Å². The van der Waals surface area contributed by atoms with Crippen LogP contribution >= 0.6 is 0 Å². The second kappa shape index (κ2) is 10.7. The van der Waals surface area contributed by atoms with Crippen LogP contribution in [0.2, 0.25) is 0 Å². The molecule has 0 radical (unpaired) electrons. The molecule has 0 saturated carbocycles. The summed E-state index contributed by atoms with van der Waals surface area (Å²) in [7, 11) is -3.90. The number of amides is 2. The van der Waals surface area contributed by atoms with Crippen LogP contribution in [0, 0.1) is 0 Å². The molecule has 1 atom stereocenters. The van der Waals surface area contributed by atoms with Gasteiger partial charge in [0.05, 0.1) is 10.9 Å². The number of nitrogens with one attached hydrogen (secondary N) is 3. The fourth-order valence-corrected chi connectivity index (χ4v) is 4.85. The highest BCUT2D eigenvalue weighted by atomic mass is 32.2. The van der Waals surface area contributed by atoms with Gasteiger partial charge in [-0.25, -0.2) is 8.42 Å². The Morgan fingerprint density at radius 1 is 0.969 bits per heavy atom. The molecule has 172 valence electrons. The molecule has 1 aliphatic heterocycles. The van der Waals surface area contributed by atoms with Crippen molar-refractivity contribution < 1.29 is 18.0 Å². The summed E-state index contributed by atoms with van der Waals surface area (Å²) in [6.07, 6.45) is 3.70. The highest BCUT2D eigenvalue weighted by Crippen LogP contribution is 2.17. The molecule has 3 N–H and O–H groups in total. The molecule has 9 heteroatoms. The molecule has 0 spiro atoms. The second-order valence-electron chi connectivity index (χ2n) is 8.07. The molecule has 3 rings (SSSR count). The van der Waals surface area contributed by atoms with Crippen LogP contribution in [0.4, 0.5) is 11.4 Å². The third kappa shape index (κ3) is 6.88. The highest BCUT2D eigenvalue weighted by Gasteiger charge is 2.22. The van der Waals surface area contributed by atoms with E-state index < -0.39 is 22.0 Å². The summed E-state index contributed by atoms with van der Waals surface area (Å²) in [5.41, 5.74) is 2.24. The van der Waals surface area contributed by atoms with Gasteiger partial charge in [-0.15, -0.1) is 0 Å². The van der Waals surface area contributed by atoms with Crippen molar-refractivity contribution in [2.45, 2.75) is 50.6 Å². The normalized spacial score (nSPS) is 15.7. The summed E-state index contributed by atoms with van der Waals surface area (Å²) in [5.74, 6) is -0.692. The largest absolute Gasteiger partial charge is 0.326 e. The Balaban J connectivity index is 1.59. The molecule has 0 bridgehead atoms. The van der Waals surface area contributed by atoms with Crippen molar-refractivity contribution in [1.29, 1.82) is 0 Å². The quantitative estimate of drug-likeness (QED) is 0.564. The van der Waals surface area contributed by atoms with Gasteiger partial charge in [0.2, 0.25) is 21.8 Å². The van der Waals surface area contributed by atoms with Gasteiger partial charge in [-0.2, -0.15) is 4.72 Å². The number of carbonyl (C=O) groups excluding carboxylic acids is 2. The van der Waals surface area contributed by atoms with E-state index in [-0.39, 0.29) is 10.8 Å². The zero-order valence-electron chi connectivity index (χ0n) is 18.4. The molecular formula is C23H30N4O4S. The minimum absolute atomic E-state index is 0.00906. The van der Waals surface area contributed by atoms with Crippen LogP contribution in [0.3, 0.4) is 0 Å². The number of carbonyl (C=O) groups is 2. The summed E-state index contributed by atoms with van der Waals surface area (Å²) < 4.78 is 27.6. The van der Waals surface area contributed by atoms with E-state index in [0.29, 0.717) is 11.4 Å². The lowest BCUT2D eigenvalue weighted by atomic mass is 10.1. The maximum Gasteiger partial charge on any atom is 0.242 e. The predicted octanol–water partition coefficient (Wildman–Crippen LogP) is 2.94. The number of benzene rings is 2. The smallest absolute Gasteiger partial charge is 0.242 e. The van der Waals surface area contributed by atoms with Gasteiger partial charge in [-0.1, -0.05) is 18.6 Å². The molecule has 0 aromatic heterocycles. The Morgan fingerprint density at radius 3 is 2.31 bits per heavy atom. The van der Waals surface area contributed by atoms with Gasteiger partial charge in [-0.05, 0) is 74.8 Å². The summed E-state index contributed by atoms with van der Waals surface area (Å²) in [6, 6.07) is 12.4. The van der Waals surface area contributed by atoms with Crippen LogP contribution in [0.25, 0.3) is 0 Å². The maximum absolute atomic E-state index is 12.6. The van der Waals surface area contributed by atoms with E-state index in [1.165, 1.54) is 57.4 Å². The van der Waals surface area contributed by atoms with Crippen LogP contribution in [-0.2, 0) is 26.2 Å². The molecule has 32 heavy (non-hydrogen) atoms. The molecule has 0 unspecified atom stereocenters. The van der Waals surface area contributed by atoms with E-state index in [0.717, 1.165) is 25.2 Å². The molecular weight excluding hydrogens is 428 g/mol. The first-order chi connectivity index (χ1) is 15.2. The number of hydrogen-bond donors (Lipinski definition) is 3. The fourth-order valence-electron chi connectivity index (χ4n) is 3.65. The van der Waals surface area contributed by atoms with Gasteiger partial charge in [0, 0.05) is 24.8 Å². The lowest BCUT2D eigenvalue weighted by molar-refractivity contribution is -0.117. The average Bonchev–Trinajstić information content (AvgIpc) is 2.74. The number of nitrogens with zero attached hydrogens (tertiary/aromatic N) is 1. The van der Waals surface area contributed by atoms with Gasteiger partial charge < -0.3 is 10.6 Å². The molecule has 1 fully saturated rings. The lowest BCUT2D eigenvalue weighted by Crippen LogP contribution is -2.41. The van der Waals surface area contributed by atoms with Crippen LogP contribution in [0.1, 0.15) is 38.7 Å². The van der Waals surface area contributed by atoms with E-state index in [4.69, 9.17) is 0 Å². The Kier molecular flexibility index (Phi) is 8.00. The van der Waals surface area contributed by atoms with E-state index in [2.05, 4.69) is 20.3 Å². The SMILES string of the molecule is CC(=O)Nc1ccc(S(=O)(=O)N[C@@H](C)C(=O)Nc2cccc(CN3CCCCC3)c2)cc1. The first-order valence-electron chi connectivity index (χ1n) is 10.7. The number of sulfonamides is 1. The number of likely N-dealkylation sites (tertiary alicyclic amines) is 1. The van der Waals surface area contributed by atoms with Gasteiger partial charge in [0.1, 0.15) is 0 Å². The fraction of sp³-hybridized carbons (Fsp3) is 0.391. The molecule has 1 heterocycles. The molecule has 1 saturated heterocycles. The summed E-state index contributed by atoms with van der Waals surface area (Å²) >= 11 is 0. The van der Waals surface area contributed by atoms with Crippen molar-refractivity contribution in [2.75, 3.05) is 23.7 Å². The number of rotatable bonds is 8. The third-order valence-corrected chi connectivity index (χ3v) is 6.82. The van der Waals surface area contributed by atoms with Crippen molar-refractivity contribution in [3.8, 4) is 0 Å². The summed E-state index contributed by atoms with van der Waals surface area (Å²) in [4.78, 5) is 26.1. The standard InChI is InChI=1S/C23H30N4O4S/c1-17(26-32(30,31)22-11-9-20(10-12-22)24-18(2)28)23(29)25-21-8-6-7-19(15-21)16-27-13-4-3-5-14-27/h6-12,15,17,26H,3-5,13-14,16H2,1-2H3,(H,24,28)(H,25,29)/t17-/m0/s1. The Morgan fingerprint density at radius 2 is 1.66 bits per heavy atom. The monoisotopic (exact) mass is 458 g/mol. The zero-order valence-corrected chi connectivity index (χ0v) is 19.2. The second-order valence-corrected chi connectivity index (χ2v) is 9.79. The average molecular weight is 459 g/mol. The molecule has 0 aliphatic carbocycles. The first-order valence-corrected chi connectivity index (χ1v) is 12.2. The number of piperidine rings is 1. The van der Waals surface area contributed by atoms with Crippen LogP contribution in [0.15, 0.2) is 53.4 Å². The zero-order chi connectivity index (χ0) is 23.1. The van der Waals surface area contributed by atoms with Crippen LogP contribution in [0.5, 0.6) is 0 Å². The van der Waals surface area contributed by atoms with Crippen LogP contribution in [-0.4, -0.2) is 44.3 Å². The van der Waals surface area contributed by atoms with Gasteiger partial charge in [0.25, 0.3) is 0 Å². The molecule has 8 nitrogen and oxygen atoms in total. The summed E-state index contributed by atoms with van der Waals surface area (Å²) in [6.45, 7) is 5.87. The van der Waals surface area contributed by atoms with Crippen LogP contribution < -0.4 is 15.4 Å². The van der Waals surface area contributed by atoms with E-state index >= 15 is 0 Å². The topological polar surface area (TPSA) is 108 Å². The predicted molar refractivity (Wildman–Crippen MR) is 125 cm³/mol. The third-order valence-electron chi connectivity index (χ3n) is 5.26. The Hall–Kier alpha value is -2.75. The van der Waals surface area contributed by atoms with E-state index in [9.17, 15) is 18.0 Å². The van der Waals surface area contributed by atoms with Crippen molar-refractivity contribution in [2.24, 2.45) is 0 Å². The van der Waals surface area contributed by atoms with Crippen molar-refractivity contribution in [1.82, 2.24) is 9.62 Å². The Labute approximate surface area is 189 Å². The van der Waals surface area contributed by atoms with Crippen molar-refractivity contribution in [3.63, 3.8) is 0 Å². The molecule has 2 aromatic rings. The van der Waals surface area contributed by atoms with Crippen molar-refractivity contribution >= 4 is 33.2 Å². The minimum atomic E-state index is -3.90. The molecule has 1 aliphatic rings.